The summed E-state index contributed by atoms with van der Waals surface area (Å²) in [5, 5.41) is 0. The summed E-state index contributed by atoms with van der Waals surface area (Å²) in [4.78, 5) is 27.0. The molecule has 11 atom stereocenters. The summed E-state index contributed by atoms with van der Waals surface area (Å²) >= 11 is 0. The number of hydrogen-bond acceptors (Lipinski definition) is 4. The van der Waals surface area contributed by atoms with Gasteiger partial charge in [-0.05, 0) is 113 Å². The minimum Gasteiger partial charge on any atom is -0.469 e. The average molecular weight is 479 g/mol. The van der Waals surface area contributed by atoms with Crippen molar-refractivity contribution in [2.45, 2.75) is 92.1 Å². The number of fused-ring (bicyclic) bond motifs is 8. The molecule has 2 spiro atoms. The van der Waals surface area contributed by atoms with Crippen LogP contribution in [0.15, 0.2) is 22.3 Å². The van der Waals surface area contributed by atoms with Gasteiger partial charge in [-0.15, -0.1) is 0 Å². The molecule has 1 saturated heterocycles. The van der Waals surface area contributed by atoms with Crippen LogP contribution in [0.4, 0.5) is 0 Å². The second kappa shape index (κ2) is 6.84. The van der Waals surface area contributed by atoms with Gasteiger partial charge >= 0.3 is 11.9 Å². The number of methoxy groups -OCH3 is 1. The molecule has 0 radical (unpaired) electrons. The van der Waals surface area contributed by atoms with Crippen molar-refractivity contribution in [3.8, 4) is 0 Å². The van der Waals surface area contributed by atoms with E-state index in [4.69, 9.17) is 9.47 Å². The molecule has 0 aromatic carbocycles. The Morgan fingerprint density at radius 2 is 1.80 bits per heavy atom. The zero-order chi connectivity index (χ0) is 24.7. The largest absolute Gasteiger partial charge is 0.469 e. The van der Waals surface area contributed by atoms with Crippen molar-refractivity contribution in [3.63, 3.8) is 0 Å². The Kier molecular flexibility index (Phi) is 4.42. The van der Waals surface area contributed by atoms with Crippen molar-refractivity contribution in [1.82, 2.24) is 0 Å². The van der Waals surface area contributed by atoms with Crippen LogP contribution < -0.4 is 0 Å². The standard InChI is InChI=1S/C31H42O4/c1-15-8-11-21-26(23-16(2)7-10-19(15)23)35-28(33)31(21)14-30-13-22(31)18(4)24(30)25-20(12-9-17(30)3)29(25,5)27(32)34-6/h15,17,19-22,25-26H,7-14H2,1-6H3/t15-,17-,19-,20-,21-,22-,25-,26-,29-,30-,31-/m0/s1. The van der Waals surface area contributed by atoms with E-state index in [0.717, 1.165) is 32.1 Å². The molecule has 0 N–H and O–H groups in total. The average Bonchev–Trinajstić information content (AvgIpc) is 3.14. The highest BCUT2D eigenvalue weighted by molar-refractivity contribution is 5.85. The van der Waals surface area contributed by atoms with Crippen LogP contribution in [-0.2, 0) is 19.1 Å². The minimum absolute atomic E-state index is 0.00189. The van der Waals surface area contributed by atoms with Crippen molar-refractivity contribution >= 4 is 11.9 Å². The monoisotopic (exact) mass is 478 g/mol. The van der Waals surface area contributed by atoms with Gasteiger partial charge in [0, 0.05) is 11.8 Å². The van der Waals surface area contributed by atoms with Gasteiger partial charge in [0.05, 0.1) is 17.9 Å². The first-order valence-corrected chi connectivity index (χ1v) is 14.3. The van der Waals surface area contributed by atoms with E-state index < -0.39 is 0 Å². The molecular formula is C31H42O4. The molecule has 4 nitrogen and oxygen atoms in total. The second-order valence-corrected chi connectivity index (χ2v) is 13.9. The van der Waals surface area contributed by atoms with Crippen LogP contribution in [0.1, 0.15) is 86.0 Å². The van der Waals surface area contributed by atoms with E-state index in [0.29, 0.717) is 35.5 Å². The lowest BCUT2D eigenvalue weighted by Gasteiger charge is -2.44. The number of carbonyl (C=O) groups excluding carboxylic acids is 2. The lowest BCUT2D eigenvalue weighted by molar-refractivity contribution is -0.150. The molecule has 6 aliphatic carbocycles. The fourth-order valence-electron chi connectivity index (χ4n) is 11.3. The first-order valence-electron chi connectivity index (χ1n) is 14.3. The van der Waals surface area contributed by atoms with Crippen LogP contribution in [0.2, 0.25) is 0 Å². The highest BCUT2D eigenvalue weighted by Crippen LogP contribution is 2.81. The number of hydrogen-bond donors (Lipinski definition) is 0. The third kappa shape index (κ3) is 2.37. The highest BCUT2D eigenvalue weighted by Gasteiger charge is 2.79. The van der Waals surface area contributed by atoms with Crippen LogP contribution in [0.5, 0.6) is 0 Å². The first kappa shape index (κ1) is 22.6. The molecule has 7 rings (SSSR count). The molecule has 35 heavy (non-hydrogen) atoms. The molecule has 4 heteroatoms. The quantitative estimate of drug-likeness (QED) is 0.330. The summed E-state index contributed by atoms with van der Waals surface area (Å²) in [5.41, 5.74) is 5.29. The van der Waals surface area contributed by atoms with Crippen LogP contribution in [0.3, 0.4) is 0 Å². The molecule has 0 aromatic heterocycles. The van der Waals surface area contributed by atoms with Gasteiger partial charge in [0.1, 0.15) is 6.10 Å². The number of rotatable bonds is 1. The van der Waals surface area contributed by atoms with E-state index in [9.17, 15) is 9.59 Å². The van der Waals surface area contributed by atoms with E-state index in [1.807, 2.05) is 0 Å². The maximum Gasteiger partial charge on any atom is 0.313 e. The molecular weight excluding hydrogens is 436 g/mol. The molecule has 1 heterocycles. The van der Waals surface area contributed by atoms with E-state index in [1.54, 1.807) is 5.57 Å². The smallest absolute Gasteiger partial charge is 0.313 e. The lowest BCUT2D eigenvalue weighted by Crippen LogP contribution is -2.43. The summed E-state index contributed by atoms with van der Waals surface area (Å²) in [6.45, 7) is 11.6. The minimum atomic E-state index is -0.383. The SMILES string of the molecule is COC(=O)[C@]1(C)[C@@H]2C3=C(C)[C@@H]4C[C@]3(C[C@@]43C(=O)O[C@@H]4C5=C(C)CC[C@H]5[C@@H](C)CC[C@@H]43)[C@@H](C)CC[C@@H]21. The van der Waals surface area contributed by atoms with Crippen molar-refractivity contribution in [1.29, 1.82) is 0 Å². The third-order valence-electron chi connectivity index (χ3n) is 13.1. The Balaban J connectivity index is 1.35. The summed E-state index contributed by atoms with van der Waals surface area (Å²) < 4.78 is 11.8. The Morgan fingerprint density at radius 1 is 1.06 bits per heavy atom. The van der Waals surface area contributed by atoms with Gasteiger partial charge in [-0.1, -0.05) is 30.6 Å². The summed E-state index contributed by atoms with van der Waals surface area (Å²) in [6.07, 6.45) is 8.99. The molecule has 0 amide bonds. The predicted molar refractivity (Wildman–Crippen MR) is 133 cm³/mol. The molecule has 0 unspecified atom stereocenters. The van der Waals surface area contributed by atoms with Crippen molar-refractivity contribution in [2.75, 3.05) is 7.11 Å². The van der Waals surface area contributed by atoms with Gasteiger partial charge in [-0.25, -0.2) is 0 Å². The van der Waals surface area contributed by atoms with Crippen molar-refractivity contribution in [3.05, 3.63) is 22.3 Å². The van der Waals surface area contributed by atoms with E-state index in [-0.39, 0.29) is 40.2 Å². The molecule has 7 aliphatic rings. The van der Waals surface area contributed by atoms with Crippen LogP contribution in [0.25, 0.3) is 0 Å². The normalized spacial score (nSPS) is 53.6. The fraction of sp³-hybridized carbons (Fsp3) is 0.806. The van der Waals surface area contributed by atoms with Crippen molar-refractivity contribution in [2.24, 2.45) is 57.7 Å². The topological polar surface area (TPSA) is 52.6 Å². The Hall–Kier alpha value is -1.58. The van der Waals surface area contributed by atoms with Crippen molar-refractivity contribution < 1.29 is 19.1 Å². The van der Waals surface area contributed by atoms with Crippen LogP contribution >= 0.6 is 0 Å². The van der Waals surface area contributed by atoms with Gasteiger partial charge in [-0.2, -0.15) is 0 Å². The predicted octanol–water partition coefficient (Wildman–Crippen LogP) is 6.25. The second-order valence-electron chi connectivity index (χ2n) is 13.9. The number of carbonyl (C=O) groups is 2. The Labute approximate surface area is 210 Å². The highest BCUT2D eigenvalue weighted by atomic mass is 16.6. The molecule has 1 aliphatic heterocycles. The summed E-state index contributed by atoms with van der Waals surface area (Å²) in [6, 6.07) is 0. The van der Waals surface area contributed by atoms with Gasteiger partial charge in [-0.3, -0.25) is 9.59 Å². The van der Waals surface area contributed by atoms with Gasteiger partial charge < -0.3 is 9.47 Å². The van der Waals surface area contributed by atoms with E-state index in [2.05, 4.69) is 34.6 Å². The first-order chi connectivity index (χ1) is 16.6. The molecule has 5 fully saturated rings. The number of ether oxygens (including phenoxy) is 2. The maximum atomic E-state index is 14.1. The van der Waals surface area contributed by atoms with Gasteiger partial charge in [0.2, 0.25) is 0 Å². The zero-order valence-corrected chi connectivity index (χ0v) is 22.4. The van der Waals surface area contributed by atoms with Crippen LogP contribution in [-0.4, -0.2) is 25.2 Å². The van der Waals surface area contributed by atoms with E-state index >= 15 is 0 Å². The Bertz CT molecular complexity index is 1100. The molecule has 4 saturated carbocycles. The maximum absolute atomic E-state index is 14.1. The third-order valence-corrected chi connectivity index (χ3v) is 13.1. The molecule has 190 valence electrons. The van der Waals surface area contributed by atoms with E-state index in [1.165, 1.54) is 43.1 Å². The lowest BCUT2D eigenvalue weighted by atomic mass is 9.57. The number of esters is 2. The zero-order valence-electron chi connectivity index (χ0n) is 22.4. The molecule has 2 bridgehead atoms. The van der Waals surface area contributed by atoms with Gasteiger partial charge in [0.25, 0.3) is 0 Å². The van der Waals surface area contributed by atoms with Crippen LogP contribution in [0, 0.1) is 57.7 Å². The fourth-order valence-corrected chi connectivity index (χ4v) is 11.3. The summed E-state index contributed by atoms with van der Waals surface area (Å²) in [7, 11) is 1.54. The summed E-state index contributed by atoms with van der Waals surface area (Å²) in [5.74, 6) is 3.17. The van der Waals surface area contributed by atoms with Gasteiger partial charge in [0.15, 0.2) is 0 Å². The molecule has 0 aromatic rings. The Morgan fingerprint density at radius 3 is 2.54 bits per heavy atom. The number of allylic oxidation sites excluding steroid dienone is 3.